The van der Waals surface area contributed by atoms with E-state index in [0.717, 1.165) is 0 Å². The number of halogens is 1. The van der Waals surface area contributed by atoms with E-state index in [4.69, 9.17) is 16.3 Å². The molecule has 1 aromatic carbocycles. The van der Waals surface area contributed by atoms with E-state index in [1.54, 1.807) is 19.1 Å². The summed E-state index contributed by atoms with van der Waals surface area (Å²) in [7, 11) is 0. The Morgan fingerprint density at radius 1 is 1.56 bits per heavy atom. The fraction of sp³-hybridized carbons (Fsp3) is 0.250. The first kappa shape index (κ1) is 12.4. The highest BCUT2D eigenvalue weighted by molar-refractivity contribution is 6.32. The second kappa shape index (κ2) is 6.04. The van der Waals surface area contributed by atoms with Gasteiger partial charge in [0.05, 0.1) is 11.6 Å². The third-order valence-corrected chi connectivity index (χ3v) is 2.04. The Morgan fingerprint density at radius 3 is 2.94 bits per heavy atom. The molecule has 0 saturated heterocycles. The smallest absolute Gasteiger partial charge is 0.317 e. The number of carbonyl (C=O) groups is 1. The van der Waals surface area contributed by atoms with Gasteiger partial charge in [0.15, 0.2) is 0 Å². The van der Waals surface area contributed by atoms with Crippen molar-refractivity contribution in [2.45, 2.75) is 13.3 Å². The van der Waals surface area contributed by atoms with Gasteiger partial charge in [0.2, 0.25) is 0 Å². The quantitative estimate of drug-likeness (QED) is 0.636. The lowest BCUT2D eigenvalue weighted by Gasteiger charge is -1.96. The maximum Gasteiger partial charge on any atom is 0.317 e. The lowest BCUT2D eigenvalue weighted by atomic mass is 10.2. The molecule has 0 heterocycles. The minimum Gasteiger partial charge on any atom is -0.506 e. The van der Waals surface area contributed by atoms with E-state index in [1.807, 2.05) is 0 Å². The van der Waals surface area contributed by atoms with Crippen LogP contribution in [-0.2, 0) is 9.53 Å². The molecule has 0 bridgehead atoms. The van der Waals surface area contributed by atoms with Crippen molar-refractivity contribution in [1.82, 2.24) is 0 Å². The zero-order chi connectivity index (χ0) is 12.0. The van der Waals surface area contributed by atoms with Crippen LogP contribution in [0, 0.1) is 11.8 Å². The highest BCUT2D eigenvalue weighted by Gasteiger charge is 1.98. The van der Waals surface area contributed by atoms with Gasteiger partial charge in [-0.25, -0.2) is 0 Å². The van der Waals surface area contributed by atoms with E-state index < -0.39 is 0 Å². The maximum absolute atomic E-state index is 11.0. The van der Waals surface area contributed by atoms with Crippen LogP contribution in [0.5, 0.6) is 5.75 Å². The number of rotatable bonds is 2. The minimum absolute atomic E-state index is 0.0235. The first-order valence-electron chi connectivity index (χ1n) is 4.76. The molecule has 3 nitrogen and oxygen atoms in total. The molecule has 0 fully saturated rings. The van der Waals surface area contributed by atoms with Crippen molar-refractivity contribution in [2.24, 2.45) is 0 Å². The summed E-state index contributed by atoms with van der Waals surface area (Å²) in [5, 5.41) is 9.58. The summed E-state index contributed by atoms with van der Waals surface area (Å²) in [4.78, 5) is 11.0. The number of ether oxygens (including phenoxy) is 1. The number of esters is 1. The molecule has 1 rings (SSSR count). The molecular weight excluding hydrogens is 228 g/mol. The fourth-order valence-corrected chi connectivity index (χ4v) is 1.14. The number of benzene rings is 1. The zero-order valence-corrected chi connectivity index (χ0v) is 9.54. The van der Waals surface area contributed by atoms with E-state index in [0.29, 0.717) is 12.2 Å². The van der Waals surface area contributed by atoms with Crippen LogP contribution in [0.25, 0.3) is 0 Å². The van der Waals surface area contributed by atoms with Crippen molar-refractivity contribution >= 4 is 17.6 Å². The van der Waals surface area contributed by atoms with Crippen LogP contribution in [-0.4, -0.2) is 17.7 Å². The van der Waals surface area contributed by atoms with E-state index in [9.17, 15) is 9.90 Å². The number of aromatic hydroxyl groups is 1. The summed E-state index contributed by atoms with van der Waals surface area (Å²) in [6, 6.07) is 4.66. The van der Waals surface area contributed by atoms with E-state index in [2.05, 4.69) is 11.8 Å². The molecular formula is C12H11ClO3. The van der Waals surface area contributed by atoms with Crippen LogP contribution >= 0.6 is 11.6 Å². The molecule has 0 radical (unpaired) electrons. The molecule has 0 atom stereocenters. The Hall–Kier alpha value is -1.66. The minimum atomic E-state index is -0.354. The van der Waals surface area contributed by atoms with Crippen LogP contribution in [0.15, 0.2) is 18.2 Å². The topological polar surface area (TPSA) is 46.5 Å². The van der Waals surface area contributed by atoms with Crippen LogP contribution < -0.4 is 0 Å². The van der Waals surface area contributed by atoms with Gasteiger partial charge in [-0.2, -0.15) is 0 Å². The first-order chi connectivity index (χ1) is 7.63. The number of hydrogen-bond donors (Lipinski definition) is 1. The number of phenols is 1. The van der Waals surface area contributed by atoms with Gasteiger partial charge >= 0.3 is 5.97 Å². The van der Waals surface area contributed by atoms with Gasteiger partial charge in [0, 0.05) is 5.56 Å². The molecule has 0 aliphatic rings. The highest BCUT2D eigenvalue weighted by atomic mass is 35.5. The van der Waals surface area contributed by atoms with Gasteiger partial charge in [-0.15, -0.1) is 0 Å². The van der Waals surface area contributed by atoms with Gasteiger partial charge in [-0.1, -0.05) is 23.4 Å². The van der Waals surface area contributed by atoms with Crippen LogP contribution in [0.1, 0.15) is 18.9 Å². The Morgan fingerprint density at radius 2 is 2.31 bits per heavy atom. The molecule has 4 heteroatoms. The normalized spacial score (nSPS) is 9.12. The van der Waals surface area contributed by atoms with Crippen molar-refractivity contribution < 1.29 is 14.6 Å². The lowest BCUT2D eigenvalue weighted by Crippen LogP contribution is -2.01. The molecule has 0 aliphatic carbocycles. The molecule has 0 aromatic heterocycles. The summed E-state index contributed by atoms with van der Waals surface area (Å²) < 4.78 is 4.71. The predicted octanol–water partition coefficient (Wildman–Crippen LogP) is 2.35. The average molecular weight is 239 g/mol. The summed E-state index contributed by atoms with van der Waals surface area (Å²) >= 11 is 5.63. The summed E-state index contributed by atoms with van der Waals surface area (Å²) in [5.41, 5.74) is 0.603. The second-order valence-electron chi connectivity index (χ2n) is 2.95. The molecule has 0 spiro atoms. The Labute approximate surface area is 99.0 Å². The molecule has 0 saturated carbocycles. The monoisotopic (exact) mass is 238 g/mol. The third kappa shape index (κ3) is 3.84. The van der Waals surface area contributed by atoms with Gasteiger partial charge < -0.3 is 9.84 Å². The van der Waals surface area contributed by atoms with E-state index in [-0.39, 0.29) is 23.2 Å². The van der Waals surface area contributed by atoms with Crippen molar-refractivity contribution in [1.29, 1.82) is 0 Å². The lowest BCUT2D eigenvalue weighted by molar-refractivity contribution is -0.141. The summed E-state index contributed by atoms with van der Waals surface area (Å²) in [6.45, 7) is 2.09. The van der Waals surface area contributed by atoms with Gasteiger partial charge in [-0.05, 0) is 25.1 Å². The molecule has 0 aliphatic heterocycles. The number of phenolic OH excluding ortho intramolecular Hbond substituents is 1. The molecule has 0 unspecified atom stereocenters. The summed E-state index contributed by atoms with van der Waals surface area (Å²) in [6.07, 6.45) is 0.0389. The van der Waals surface area contributed by atoms with Crippen molar-refractivity contribution in [3.05, 3.63) is 28.8 Å². The van der Waals surface area contributed by atoms with Gasteiger partial charge in [0.25, 0.3) is 0 Å². The zero-order valence-electron chi connectivity index (χ0n) is 8.79. The fourth-order valence-electron chi connectivity index (χ4n) is 1.02. The SMILES string of the molecule is CCOC(=O)CC#Cc1ccc(Cl)c(O)c1. The highest BCUT2D eigenvalue weighted by Crippen LogP contribution is 2.23. The number of carbonyl (C=O) groups excluding carboxylic acids is 1. The van der Waals surface area contributed by atoms with Gasteiger partial charge in [-0.3, -0.25) is 4.79 Å². The molecule has 16 heavy (non-hydrogen) atoms. The van der Waals surface area contributed by atoms with Crippen LogP contribution in [0.2, 0.25) is 5.02 Å². The molecule has 0 amide bonds. The second-order valence-corrected chi connectivity index (χ2v) is 3.36. The van der Waals surface area contributed by atoms with E-state index >= 15 is 0 Å². The first-order valence-corrected chi connectivity index (χ1v) is 5.14. The summed E-state index contributed by atoms with van der Waals surface area (Å²) in [5.74, 6) is 5.01. The Balaban J connectivity index is 2.63. The Kier molecular flexibility index (Phi) is 4.68. The molecule has 1 N–H and O–H groups in total. The van der Waals surface area contributed by atoms with Crippen molar-refractivity contribution in [3.63, 3.8) is 0 Å². The third-order valence-electron chi connectivity index (χ3n) is 1.72. The van der Waals surface area contributed by atoms with E-state index in [1.165, 1.54) is 6.07 Å². The molecule has 84 valence electrons. The largest absolute Gasteiger partial charge is 0.506 e. The van der Waals surface area contributed by atoms with Crippen LogP contribution in [0.3, 0.4) is 0 Å². The maximum atomic E-state index is 11.0. The average Bonchev–Trinajstić information content (AvgIpc) is 2.24. The van der Waals surface area contributed by atoms with Crippen LogP contribution in [0.4, 0.5) is 0 Å². The Bertz CT molecular complexity index is 443. The van der Waals surface area contributed by atoms with Gasteiger partial charge in [0.1, 0.15) is 12.2 Å². The van der Waals surface area contributed by atoms with Crippen molar-refractivity contribution in [2.75, 3.05) is 6.61 Å². The van der Waals surface area contributed by atoms with Crippen molar-refractivity contribution in [3.8, 4) is 17.6 Å². The molecule has 1 aromatic rings. The number of hydrogen-bond acceptors (Lipinski definition) is 3. The standard InChI is InChI=1S/C12H11ClO3/c1-2-16-12(15)5-3-4-9-6-7-10(13)11(14)8-9/h6-8,14H,2,5H2,1H3. The predicted molar refractivity (Wildman–Crippen MR) is 61.2 cm³/mol.